The predicted octanol–water partition coefficient (Wildman–Crippen LogP) is 3.14. The normalized spacial score (nSPS) is 10.2. The molecule has 1 aromatic rings. The van der Waals surface area contributed by atoms with Crippen molar-refractivity contribution >= 4 is 46.8 Å². The molecule has 0 saturated heterocycles. The van der Waals surface area contributed by atoms with E-state index < -0.39 is 12.0 Å². The first-order valence-corrected chi connectivity index (χ1v) is 7.42. The molecule has 6 nitrogen and oxygen atoms in total. The third kappa shape index (κ3) is 6.17. The standard InChI is InChI=1S/C13H15Cl3N2O4/c1-18(4-2-11(19)20)13(21)17-3-5-22-12-9(15)6-8(14)7-10(12)16/h6-7H,2-5H2,1H3,(H,17,21)(H,19,20). The van der Waals surface area contributed by atoms with Crippen LogP contribution in [0.25, 0.3) is 0 Å². The lowest BCUT2D eigenvalue weighted by molar-refractivity contribution is -0.137. The fraction of sp³-hybridized carbons (Fsp3) is 0.385. The first kappa shape index (κ1) is 18.7. The van der Waals surface area contributed by atoms with Gasteiger partial charge in [-0.05, 0) is 12.1 Å². The summed E-state index contributed by atoms with van der Waals surface area (Å²) in [5, 5.41) is 12.1. The molecule has 0 spiro atoms. The topological polar surface area (TPSA) is 78.9 Å². The number of carboxylic acids is 1. The van der Waals surface area contributed by atoms with Gasteiger partial charge in [-0.2, -0.15) is 0 Å². The van der Waals surface area contributed by atoms with Gasteiger partial charge in [0.2, 0.25) is 0 Å². The number of nitrogens with one attached hydrogen (secondary N) is 1. The molecular weight excluding hydrogens is 355 g/mol. The summed E-state index contributed by atoms with van der Waals surface area (Å²) in [6, 6.07) is 2.61. The number of ether oxygens (including phenoxy) is 1. The molecule has 1 rings (SSSR count). The first-order chi connectivity index (χ1) is 10.3. The highest BCUT2D eigenvalue weighted by Gasteiger charge is 2.11. The van der Waals surface area contributed by atoms with E-state index in [0.717, 1.165) is 0 Å². The van der Waals surface area contributed by atoms with Gasteiger partial charge in [0.05, 0.1) is 23.0 Å². The van der Waals surface area contributed by atoms with Gasteiger partial charge in [-0.25, -0.2) is 4.79 Å². The minimum atomic E-state index is -0.963. The molecule has 122 valence electrons. The molecule has 2 N–H and O–H groups in total. The highest BCUT2D eigenvalue weighted by molar-refractivity contribution is 6.40. The molecule has 0 aliphatic carbocycles. The molecule has 0 unspecified atom stereocenters. The number of halogens is 3. The molecule has 2 amide bonds. The number of amides is 2. The van der Waals surface area contributed by atoms with Gasteiger partial charge in [0.15, 0.2) is 5.75 Å². The summed E-state index contributed by atoms with van der Waals surface area (Å²) < 4.78 is 5.40. The van der Waals surface area contributed by atoms with Crippen LogP contribution in [0.15, 0.2) is 12.1 Å². The van der Waals surface area contributed by atoms with E-state index in [-0.39, 0.29) is 36.2 Å². The van der Waals surface area contributed by atoms with Crippen LogP contribution in [0, 0.1) is 0 Å². The SMILES string of the molecule is CN(CCC(=O)O)C(=O)NCCOc1c(Cl)cc(Cl)cc1Cl. The Bertz CT molecular complexity index is 531. The maximum absolute atomic E-state index is 11.6. The smallest absolute Gasteiger partial charge is 0.317 e. The van der Waals surface area contributed by atoms with Crippen molar-refractivity contribution in [2.45, 2.75) is 6.42 Å². The van der Waals surface area contributed by atoms with E-state index >= 15 is 0 Å². The largest absolute Gasteiger partial charge is 0.489 e. The van der Waals surface area contributed by atoms with Gasteiger partial charge in [0.25, 0.3) is 0 Å². The van der Waals surface area contributed by atoms with Crippen LogP contribution in [-0.2, 0) is 4.79 Å². The number of hydrogen-bond acceptors (Lipinski definition) is 3. The Kier molecular flexibility index (Phi) is 7.58. The van der Waals surface area contributed by atoms with Gasteiger partial charge < -0.3 is 20.1 Å². The number of carboxylic acid groups (broad SMARTS) is 1. The van der Waals surface area contributed by atoms with Crippen LogP contribution in [0.4, 0.5) is 4.79 Å². The molecule has 0 radical (unpaired) electrons. The van der Waals surface area contributed by atoms with Crippen molar-refractivity contribution in [3.8, 4) is 5.75 Å². The molecule has 0 saturated carbocycles. The van der Waals surface area contributed by atoms with Gasteiger partial charge in [-0.3, -0.25) is 4.79 Å². The zero-order valence-corrected chi connectivity index (χ0v) is 14.0. The van der Waals surface area contributed by atoms with E-state index in [0.29, 0.717) is 10.8 Å². The van der Waals surface area contributed by atoms with E-state index in [1.807, 2.05) is 0 Å². The van der Waals surface area contributed by atoms with Gasteiger partial charge in [0, 0.05) is 18.6 Å². The minimum absolute atomic E-state index is 0.115. The number of carbonyl (C=O) groups is 2. The summed E-state index contributed by atoms with van der Waals surface area (Å²) in [4.78, 5) is 23.3. The monoisotopic (exact) mass is 368 g/mol. The predicted molar refractivity (Wildman–Crippen MR) is 85.2 cm³/mol. The quantitative estimate of drug-likeness (QED) is 0.724. The van der Waals surface area contributed by atoms with Gasteiger partial charge in [0.1, 0.15) is 6.61 Å². The summed E-state index contributed by atoms with van der Waals surface area (Å²) in [7, 11) is 1.51. The fourth-order valence-electron chi connectivity index (χ4n) is 1.48. The molecule has 0 atom stereocenters. The van der Waals surface area contributed by atoms with Crippen LogP contribution in [0.3, 0.4) is 0 Å². The summed E-state index contributed by atoms with van der Waals surface area (Å²) >= 11 is 17.7. The number of carbonyl (C=O) groups excluding carboxylic acids is 1. The van der Waals surface area contributed by atoms with Crippen molar-refractivity contribution < 1.29 is 19.4 Å². The Morgan fingerprint density at radius 1 is 1.27 bits per heavy atom. The second-order valence-electron chi connectivity index (χ2n) is 4.34. The zero-order valence-electron chi connectivity index (χ0n) is 11.7. The summed E-state index contributed by atoms with van der Waals surface area (Å²) in [5.74, 6) is -0.670. The van der Waals surface area contributed by atoms with Crippen molar-refractivity contribution in [3.05, 3.63) is 27.2 Å². The lowest BCUT2D eigenvalue weighted by atomic mass is 10.3. The van der Waals surface area contributed by atoms with E-state index in [2.05, 4.69) is 5.32 Å². The van der Waals surface area contributed by atoms with Crippen LogP contribution < -0.4 is 10.1 Å². The third-order valence-electron chi connectivity index (χ3n) is 2.60. The Hall–Kier alpha value is -1.37. The zero-order chi connectivity index (χ0) is 16.7. The Morgan fingerprint density at radius 2 is 1.86 bits per heavy atom. The number of hydrogen-bond donors (Lipinski definition) is 2. The minimum Gasteiger partial charge on any atom is -0.489 e. The van der Waals surface area contributed by atoms with Gasteiger partial charge in [-0.1, -0.05) is 34.8 Å². The number of urea groups is 1. The summed E-state index contributed by atoms with van der Waals surface area (Å²) in [6.07, 6.45) is -0.115. The van der Waals surface area contributed by atoms with E-state index in [9.17, 15) is 9.59 Å². The molecule has 0 aliphatic rings. The molecule has 22 heavy (non-hydrogen) atoms. The van der Waals surface area contributed by atoms with Gasteiger partial charge >= 0.3 is 12.0 Å². The van der Waals surface area contributed by atoms with Crippen molar-refractivity contribution in [1.82, 2.24) is 10.2 Å². The number of aliphatic carboxylic acids is 1. The Labute approximate surface area is 142 Å². The van der Waals surface area contributed by atoms with E-state index in [4.69, 9.17) is 44.6 Å². The molecule has 0 heterocycles. The number of benzene rings is 1. The summed E-state index contributed by atoms with van der Waals surface area (Å²) in [5.41, 5.74) is 0. The van der Waals surface area contributed by atoms with Crippen LogP contribution in [-0.4, -0.2) is 48.8 Å². The second-order valence-corrected chi connectivity index (χ2v) is 5.60. The van der Waals surface area contributed by atoms with Crippen molar-refractivity contribution in [2.75, 3.05) is 26.7 Å². The molecule has 0 aliphatic heterocycles. The lowest BCUT2D eigenvalue weighted by Gasteiger charge is -2.17. The highest BCUT2D eigenvalue weighted by Crippen LogP contribution is 2.35. The average molecular weight is 370 g/mol. The van der Waals surface area contributed by atoms with Crippen molar-refractivity contribution in [3.63, 3.8) is 0 Å². The van der Waals surface area contributed by atoms with Crippen LogP contribution in [0.2, 0.25) is 15.1 Å². The summed E-state index contributed by atoms with van der Waals surface area (Å²) in [6.45, 7) is 0.488. The van der Waals surface area contributed by atoms with Crippen molar-refractivity contribution in [1.29, 1.82) is 0 Å². The molecule has 1 aromatic carbocycles. The molecule has 0 bridgehead atoms. The molecule has 9 heteroatoms. The second kappa shape index (κ2) is 8.92. The maximum Gasteiger partial charge on any atom is 0.317 e. The van der Waals surface area contributed by atoms with E-state index in [1.54, 1.807) is 0 Å². The highest BCUT2D eigenvalue weighted by atomic mass is 35.5. The Balaban J connectivity index is 2.36. The molecule has 0 aromatic heterocycles. The van der Waals surface area contributed by atoms with E-state index in [1.165, 1.54) is 24.1 Å². The fourth-order valence-corrected chi connectivity index (χ4v) is 2.40. The maximum atomic E-state index is 11.6. The molecule has 0 fully saturated rings. The van der Waals surface area contributed by atoms with Crippen LogP contribution >= 0.6 is 34.8 Å². The average Bonchev–Trinajstić information content (AvgIpc) is 2.42. The van der Waals surface area contributed by atoms with Gasteiger partial charge in [-0.15, -0.1) is 0 Å². The number of rotatable bonds is 7. The lowest BCUT2D eigenvalue weighted by Crippen LogP contribution is -2.40. The first-order valence-electron chi connectivity index (χ1n) is 6.29. The van der Waals surface area contributed by atoms with Crippen LogP contribution in [0.1, 0.15) is 6.42 Å². The number of nitrogens with zero attached hydrogens (tertiary/aromatic N) is 1. The van der Waals surface area contributed by atoms with Crippen molar-refractivity contribution in [2.24, 2.45) is 0 Å². The Morgan fingerprint density at radius 3 is 2.41 bits per heavy atom. The molecular formula is C13H15Cl3N2O4. The van der Waals surface area contributed by atoms with Crippen LogP contribution in [0.5, 0.6) is 5.75 Å². The third-order valence-corrected chi connectivity index (χ3v) is 3.38.